The Kier molecular flexibility index (Phi) is 23.7. The Hall–Kier alpha value is -1.63. The molecule has 0 bridgehead atoms. The van der Waals surface area contributed by atoms with Gasteiger partial charge in [-0.15, -0.1) is 0 Å². The average molecular weight is 581 g/mol. The number of amides is 2. The number of nitrogens with two attached hydrogens (primary N) is 1. The minimum Gasteiger partial charge on any atom is -0.481 e. The highest BCUT2D eigenvalue weighted by Crippen LogP contribution is 2.14. The summed E-state index contributed by atoms with van der Waals surface area (Å²) >= 11 is 0. The highest BCUT2D eigenvalue weighted by Gasteiger charge is 2.32. The maximum Gasteiger partial charge on any atom is 0.303 e. The molecule has 0 aromatic rings. The molecule has 1 heterocycles. The summed E-state index contributed by atoms with van der Waals surface area (Å²) in [6, 6.07) is -0.911. The summed E-state index contributed by atoms with van der Waals surface area (Å²) in [4.78, 5) is 39.8. The molecule has 240 valence electrons. The molecule has 1 saturated heterocycles. The molecule has 1 aliphatic rings. The lowest BCUT2D eigenvalue weighted by molar-refractivity contribution is -0.657. The fourth-order valence-electron chi connectivity index (χ4n) is 5.95. The van der Waals surface area contributed by atoms with Gasteiger partial charge in [-0.25, -0.2) is 0 Å². The van der Waals surface area contributed by atoms with E-state index in [1.165, 1.54) is 103 Å². The van der Waals surface area contributed by atoms with Crippen molar-refractivity contribution in [1.29, 1.82) is 0 Å². The Labute approximate surface area is 252 Å². The van der Waals surface area contributed by atoms with Gasteiger partial charge in [0.2, 0.25) is 5.91 Å². The summed E-state index contributed by atoms with van der Waals surface area (Å²) in [6.45, 7) is 6.82. The molecule has 1 fully saturated rings. The van der Waals surface area contributed by atoms with Crippen LogP contribution in [0.5, 0.6) is 0 Å². The number of unbranched alkanes of at least 4 members (excludes halogenated alkanes) is 18. The lowest BCUT2D eigenvalue weighted by Gasteiger charge is -2.28. The van der Waals surface area contributed by atoms with E-state index < -0.39 is 12.0 Å². The van der Waals surface area contributed by atoms with Crippen molar-refractivity contribution in [3.8, 4) is 0 Å². The summed E-state index contributed by atoms with van der Waals surface area (Å²) in [7, 11) is 0. The lowest BCUT2D eigenvalue weighted by Crippen LogP contribution is -2.89. The number of quaternary nitrogens is 1. The maximum atomic E-state index is 13.7. The summed E-state index contributed by atoms with van der Waals surface area (Å²) in [5.41, 5.74) is 0. The van der Waals surface area contributed by atoms with Gasteiger partial charge in [-0.3, -0.25) is 14.4 Å². The first-order chi connectivity index (χ1) is 20.0. The van der Waals surface area contributed by atoms with Crippen molar-refractivity contribution in [1.82, 2.24) is 10.2 Å². The smallest absolute Gasteiger partial charge is 0.303 e. The third-order valence-electron chi connectivity index (χ3n) is 8.64. The van der Waals surface area contributed by atoms with Gasteiger partial charge in [0.15, 0.2) is 6.04 Å². The first-order valence-electron chi connectivity index (χ1n) is 17.6. The maximum absolute atomic E-state index is 13.7. The molecule has 1 aliphatic heterocycles. The van der Waals surface area contributed by atoms with Crippen LogP contribution in [0, 0.1) is 0 Å². The summed E-state index contributed by atoms with van der Waals surface area (Å²) < 4.78 is 0. The highest BCUT2D eigenvalue weighted by atomic mass is 16.4. The van der Waals surface area contributed by atoms with E-state index in [1.54, 1.807) is 0 Å². The van der Waals surface area contributed by atoms with E-state index in [2.05, 4.69) is 19.2 Å². The monoisotopic (exact) mass is 581 g/mol. The second kappa shape index (κ2) is 26.0. The van der Waals surface area contributed by atoms with Crippen molar-refractivity contribution < 1.29 is 24.8 Å². The van der Waals surface area contributed by atoms with Crippen LogP contribution in [-0.4, -0.2) is 59.5 Å². The molecular formula is C34H66N3O4+. The number of carbonyl (C=O) groups excluding carboxylic acids is 2. The molecule has 1 rings (SSSR count). The Morgan fingerprint density at radius 3 is 1.56 bits per heavy atom. The number of carbonyl (C=O) groups is 3. The number of hydrogen-bond acceptors (Lipinski definition) is 3. The molecule has 0 aliphatic carbocycles. The zero-order valence-electron chi connectivity index (χ0n) is 26.9. The number of nitrogens with one attached hydrogen (secondary N) is 1. The number of rotatable bonds is 28. The van der Waals surface area contributed by atoms with E-state index in [9.17, 15) is 19.5 Å². The first-order valence-corrected chi connectivity index (χ1v) is 17.6. The number of aliphatic carboxylic acids is 1. The third-order valence-corrected chi connectivity index (χ3v) is 8.64. The van der Waals surface area contributed by atoms with Crippen molar-refractivity contribution in [3.63, 3.8) is 0 Å². The van der Waals surface area contributed by atoms with Crippen LogP contribution in [0.25, 0.3) is 0 Å². The molecule has 41 heavy (non-hydrogen) atoms. The van der Waals surface area contributed by atoms with Gasteiger partial charge in [0, 0.05) is 32.4 Å². The molecule has 0 aromatic heterocycles. The number of hydrogen-bond donors (Lipinski definition) is 3. The van der Waals surface area contributed by atoms with Crippen molar-refractivity contribution in [2.24, 2.45) is 0 Å². The minimum atomic E-state index is -0.930. The standard InChI is InChI=1S/C34H65N3O4/c1-3-5-7-9-11-13-15-17-19-21-28-37(29-22-20-18-16-14-12-10-8-6-4-2)34(41)31(25-26-32(38)39)36-33(40)30-24-23-27-35-30/h30-31,35H,3-29H2,1-2H3,(H,36,40)(H,38,39)/p+1/t30-,31-/m0/s1. The van der Waals surface area contributed by atoms with Crippen LogP contribution >= 0.6 is 0 Å². The van der Waals surface area contributed by atoms with Gasteiger partial charge in [0.1, 0.15) is 6.04 Å². The SMILES string of the molecule is CCCCCCCCCCCCN(CCCCCCCCCCCC)C(=O)[C@H](CCC(=O)O)NC(=O)[C@@H]1CCC[NH2+]1. The van der Waals surface area contributed by atoms with Crippen molar-refractivity contribution >= 4 is 17.8 Å². The van der Waals surface area contributed by atoms with Crippen LogP contribution in [0.3, 0.4) is 0 Å². The summed E-state index contributed by atoms with van der Waals surface area (Å²) in [6.07, 6.45) is 26.8. The lowest BCUT2D eigenvalue weighted by atomic mass is 10.0. The Morgan fingerprint density at radius 2 is 1.17 bits per heavy atom. The van der Waals surface area contributed by atoms with E-state index in [1.807, 2.05) is 10.2 Å². The normalized spacial score (nSPS) is 15.6. The second-order valence-electron chi connectivity index (χ2n) is 12.5. The van der Waals surface area contributed by atoms with Crippen molar-refractivity contribution in [3.05, 3.63) is 0 Å². The highest BCUT2D eigenvalue weighted by molar-refractivity contribution is 5.89. The minimum absolute atomic E-state index is 0.0931. The molecule has 7 nitrogen and oxygen atoms in total. The molecule has 0 unspecified atom stereocenters. The molecule has 7 heteroatoms. The van der Waals surface area contributed by atoms with Crippen LogP contribution in [0.4, 0.5) is 0 Å². The topological polar surface area (TPSA) is 103 Å². The van der Waals surface area contributed by atoms with E-state index in [4.69, 9.17) is 0 Å². The van der Waals surface area contributed by atoms with Crippen molar-refractivity contribution in [2.45, 2.75) is 180 Å². The molecule has 2 atom stereocenters. The molecule has 4 N–H and O–H groups in total. The average Bonchev–Trinajstić information content (AvgIpc) is 3.51. The van der Waals surface area contributed by atoms with Gasteiger partial charge in [-0.05, 0) is 19.3 Å². The molecular weight excluding hydrogens is 514 g/mol. The van der Waals surface area contributed by atoms with Gasteiger partial charge in [-0.2, -0.15) is 0 Å². The zero-order valence-corrected chi connectivity index (χ0v) is 26.9. The van der Waals surface area contributed by atoms with Gasteiger partial charge >= 0.3 is 5.97 Å². The van der Waals surface area contributed by atoms with Gasteiger partial charge in [0.25, 0.3) is 5.91 Å². The number of carboxylic acid groups (broad SMARTS) is 1. The van der Waals surface area contributed by atoms with Crippen LogP contribution < -0.4 is 10.6 Å². The number of carboxylic acids is 1. The Morgan fingerprint density at radius 1 is 0.732 bits per heavy atom. The Balaban J connectivity index is 2.56. The van der Waals surface area contributed by atoms with Crippen LogP contribution in [-0.2, 0) is 14.4 Å². The predicted molar refractivity (Wildman–Crippen MR) is 169 cm³/mol. The predicted octanol–water partition coefficient (Wildman–Crippen LogP) is 6.73. The van der Waals surface area contributed by atoms with E-state index >= 15 is 0 Å². The fourth-order valence-corrected chi connectivity index (χ4v) is 5.95. The molecule has 0 aromatic carbocycles. The van der Waals surface area contributed by atoms with E-state index in [-0.39, 0.29) is 30.7 Å². The van der Waals surface area contributed by atoms with Crippen LogP contribution in [0.2, 0.25) is 0 Å². The van der Waals surface area contributed by atoms with Crippen LogP contribution in [0.1, 0.15) is 168 Å². The first kappa shape index (κ1) is 37.4. The van der Waals surface area contributed by atoms with Gasteiger partial charge in [-0.1, -0.05) is 129 Å². The molecule has 0 spiro atoms. The molecule has 0 saturated carbocycles. The van der Waals surface area contributed by atoms with Gasteiger partial charge in [0.05, 0.1) is 6.54 Å². The Bertz CT molecular complexity index is 642. The van der Waals surface area contributed by atoms with E-state index in [0.717, 1.165) is 45.1 Å². The largest absolute Gasteiger partial charge is 0.481 e. The number of nitrogens with zero attached hydrogens (tertiary/aromatic N) is 1. The quantitative estimate of drug-likeness (QED) is 0.0893. The third kappa shape index (κ3) is 20.0. The second-order valence-corrected chi connectivity index (χ2v) is 12.5. The zero-order chi connectivity index (χ0) is 30.0. The van der Waals surface area contributed by atoms with Gasteiger partial charge < -0.3 is 20.6 Å². The molecule has 0 radical (unpaired) electrons. The summed E-state index contributed by atoms with van der Waals surface area (Å²) in [5, 5.41) is 14.3. The fraction of sp³-hybridized carbons (Fsp3) is 0.912. The molecule has 2 amide bonds. The van der Waals surface area contributed by atoms with Crippen LogP contribution in [0.15, 0.2) is 0 Å². The van der Waals surface area contributed by atoms with E-state index in [0.29, 0.717) is 13.1 Å². The van der Waals surface area contributed by atoms with Crippen molar-refractivity contribution in [2.75, 3.05) is 19.6 Å². The summed E-state index contributed by atoms with van der Waals surface area (Å²) in [5.74, 6) is -1.14.